The second-order valence-corrected chi connectivity index (χ2v) is 8.52. The monoisotopic (exact) mass is 392 g/mol. The fraction of sp³-hybridized carbons (Fsp3) is 0.700. The number of likely N-dealkylation sites (N-methyl/N-ethyl adjacent to an activating group) is 1. The summed E-state index contributed by atoms with van der Waals surface area (Å²) in [6.07, 6.45) is 3.13. The summed E-state index contributed by atoms with van der Waals surface area (Å²) in [5, 5.41) is 5.09. The highest BCUT2D eigenvalue weighted by molar-refractivity contribution is 7.10. The maximum atomic E-state index is 12.6. The van der Waals surface area contributed by atoms with E-state index >= 15 is 0 Å². The second-order valence-electron chi connectivity index (χ2n) is 7.55. The van der Waals surface area contributed by atoms with Gasteiger partial charge in [0.15, 0.2) is 0 Å². The highest BCUT2D eigenvalue weighted by atomic mass is 32.1. The summed E-state index contributed by atoms with van der Waals surface area (Å²) in [7, 11) is 0. The van der Waals surface area contributed by atoms with Gasteiger partial charge in [0.05, 0.1) is 6.04 Å². The average Bonchev–Trinajstić information content (AvgIpc) is 3.23. The number of rotatable bonds is 5. The van der Waals surface area contributed by atoms with Gasteiger partial charge < -0.3 is 15.1 Å². The fourth-order valence-corrected chi connectivity index (χ4v) is 5.11. The van der Waals surface area contributed by atoms with E-state index in [0.29, 0.717) is 13.1 Å². The Morgan fingerprint density at radius 2 is 1.81 bits per heavy atom. The van der Waals surface area contributed by atoms with Gasteiger partial charge in [-0.1, -0.05) is 13.0 Å². The molecule has 1 N–H and O–H groups in total. The third-order valence-corrected chi connectivity index (χ3v) is 6.70. The van der Waals surface area contributed by atoms with Gasteiger partial charge in [-0.15, -0.1) is 11.3 Å². The van der Waals surface area contributed by atoms with Crippen LogP contribution in [0.1, 0.15) is 44.0 Å². The van der Waals surface area contributed by atoms with Gasteiger partial charge in [0, 0.05) is 50.2 Å². The van der Waals surface area contributed by atoms with Crippen molar-refractivity contribution < 1.29 is 9.59 Å². The molecule has 1 aromatic rings. The van der Waals surface area contributed by atoms with Crippen LogP contribution in [0.15, 0.2) is 17.5 Å². The van der Waals surface area contributed by atoms with Gasteiger partial charge in [0.2, 0.25) is 0 Å². The lowest BCUT2D eigenvalue weighted by atomic mass is 10.0. The molecule has 2 atom stereocenters. The normalized spacial score (nSPS) is 21.6. The van der Waals surface area contributed by atoms with E-state index in [9.17, 15) is 9.59 Å². The first-order chi connectivity index (χ1) is 13.1. The minimum atomic E-state index is -0.460. The Balaban J connectivity index is 1.65. The van der Waals surface area contributed by atoms with Crippen LogP contribution in [-0.2, 0) is 9.59 Å². The largest absolute Gasteiger partial charge is 0.343 e. The number of carbonyl (C=O) groups is 2. The molecule has 3 rings (SSSR count). The van der Waals surface area contributed by atoms with Crippen LogP contribution >= 0.6 is 11.3 Å². The molecule has 2 saturated heterocycles. The van der Waals surface area contributed by atoms with Gasteiger partial charge in [0.25, 0.3) is 0 Å². The van der Waals surface area contributed by atoms with E-state index in [0.717, 1.165) is 52.0 Å². The Labute approximate surface area is 166 Å². The van der Waals surface area contributed by atoms with Crippen molar-refractivity contribution >= 4 is 23.2 Å². The van der Waals surface area contributed by atoms with Crippen LogP contribution in [-0.4, -0.2) is 78.4 Å². The molecule has 27 heavy (non-hydrogen) atoms. The summed E-state index contributed by atoms with van der Waals surface area (Å²) in [5.41, 5.74) is 0. The lowest BCUT2D eigenvalue weighted by Gasteiger charge is -2.41. The third-order valence-electron chi connectivity index (χ3n) is 5.75. The smallest absolute Gasteiger partial charge is 0.311 e. The molecule has 0 saturated carbocycles. The zero-order valence-electron chi connectivity index (χ0n) is 16.5. The third kappa shape index (κ3) is 5.09. The number of thiophene rings is 1. The Morgan fingerprint density at radius 3 is 2.41 bits per heavy atom. The summed E-state index contributed by atoms with van der Waals surface area (Å²) in [4.78, 5) is 32.9. The minimum Gasteiger partial charge on any atom is -0.343 e. The molecule has 0 bridgehead atoms. The number of amides is 2. The molecule has 6 nitrogen and oxygen atoms in total. The number of piperazine rings is 1. The zero-order chi connectivity index (χ0) is 19.2. The van der Waals surface area contributed by atoms with Crippen molar-refractivity contribution in [2.45, 2.75) is 45.2 Å². The SMILES string of the molecule is CCN1CCN([C@@H](c2cccs2)[C@@H](C)NC(=O)C(=O)N2CCCCC2)CC1. The first-order valence-corrected chi connectivity index (χ1v) is 11.1. The average molecular weight is 393 g/mol. The van der Waals surface area contributed by atoms with Gasteiger partial charge in [0.1, 0.15) is 0 Å². The van der Waals surface area contributed by atoms with Crippen LogP contribution < -0.4 is 5.32 Å². The van der Waals surface area contributed by atoms with Gasteiger partial charge in [-0.2, -0.15) is 0 Å². The number of nitrogens with one attached hydrogen (secondary N) is 1. The molecule has 0 radical (unpaired) electrons. The number of hydrogen-bond acceptors (Lipinski definition) is 5. The summed E-state index contributed by atoms with van der Waals surface area (Å²) in [6.45, 7) is 10.8. The number of carbonyl (C=O) groups excluding carboxylic acids is 2. The van der Waals surface area contributed by atoms with E-state index in [1.807, 2.05) is 6.92 Å². The van der Waals surface area contributed by atoms with E-state index < -0.39 is 5.91 Å². The summed E-state index contributed by atoms with van der Waals surface area (Å²) >= 11 is 1.72. The molecule has 3 heterocycles. The summed E-state index contributed by atoms with van der Waals surface area (Å²) in [6, 6.07) is 4.19. The maximum absolute atomic E-state index is 12.6. The van der Waals surface area contributed by atoms with Gasteiger partial charge >= 0.3 is 11.8 Å². The van der Waals surface area contributed by atoms with Gasteiger partial charge in [-0.05, 0) is 44.2 Å². The van der Waals surface area contributed by atoms with E-state index in [4.69, 9.17) is 0 Å². The Morgan fingerprint density at radius 1 is 1.11 bits per heavy atom. The molecule has 2 aliphatic rings. The standard InChI is InChI=1S/C20H32N4O2S/c1-3-22-11-13-23(14-12-22)18(17-8-7-15-27-17)16(2)21-19(25)20(26)24-9-5-4-6-10-24/h7-8,15-16,18H,3-6,9-14H2,1-2H3,(H,21,25)/t16-,18-/m1/s1. The van der Waals surface area contributed by atoms with Crippen LogP contribution in [0.2, 0.25) is 0 Å². The van der Waals surface area contributed by atoms with Crippen molar-refractivity contribution in [1.29, 1.82) is 0 Å². The summed E-state index contributed by atoms with van der Waals surface area (Å²) in [5.74, 6) is -0.833. The van der Waals surface area contributed by atoms with E-state index in [2.05, 4.69) is 39.6 Å². The molecule has 1 aromatic heterocycles. The second kappa shape index (κ2) is 9.66. The quantitative estimate of drug-likeness (QED) is 0.778. The topological polar surface area (TPSA) is 55.9 Å². The Hall–Kier alpha value is -1.44. The molecule has 0 unspecified atom stereocenters. The first-order valence-electron chi connectivity index (χ1n) is 10.2. The lowest BCUT2D eigenvalue weighted by Crippen LogP contribution is -2.54. The molecule has 0 spiro atoms. The number of piperidine rings is 1. The van der Waals surface area contributed by atoms with E-state index in [-0.39, 0.29) is 18.0 Å². The predicted octanol–water partition coefficient (Wildman–Crippen LogP) is 1.94. The molecule has 2 amide bonds. The predicted molar refractivity (Wildman–Crippen MR) is 109 cm³/mol. The van der Waals surface area contributed by atoms with Crippen molar-refractivity contribution in [2.24, 2.45) is 0 Å². The molecular weight excluding hydrogens is 360 g/mol. The minimum absolute atomic E-state index is 0.113. The summed E-state index contributed by atoms with van der Waals surface area (Å²) < 4.78 is 0. The van der Waals surface area contributed by atoms with Gasteiger partial charge in [-0.3, -0.25) is 14.5 Å². The number of likely N-dealkylation sites (tertiary alicyclic amines) is 1. The molecule has 2 fully saturated rings. The number of hydrogen-bond donors (Lipinski definition) is 1. The van der Waals surface area contributed by atoms with E-state index in [1.165, 1.54) is 4.88 Å². The van der Waals surface area contributed by atoms with Crippen molar-refractivity contribution in [1.82, 2.24) is 20.0 Å². The van der Waals surface area contributed by atoms with Crippen LogP contribution in [0.5, 0.6) is 0 Å². The van der Waals surface area contributed by atoms with E-state index in [1.54, 1.807) is 16.2 Å². The molecule has 0 aromatic carbocycles. The molecular formula is C20H32N4O2S. The Bertz CT molecular complexity index is 608. The molecule has 150 valence electrons. The maximum Gasteiger partial charge on any atom is 0.311 e. The highest BCUT2D eigenvalue weighted by Gasteiger charge is 2.32. The first kappa shape index (κ1) is 20.3. The highest BCUT2D eigenvalue weighted by Crippen LogP contribution is 2.29. The van der Waals surface area contributed by atoms with Gasteiger partial charge in [-0.25, -0.2) is 0 Å². The molecule has 0 aliphatic carbocycles. The van der Waals surface area contributed by atoms with Crippen molar-refractivity contribution in [3.8, 4) is 0 Å². The van der Waals surface area contributed by atoms with Crippen LogP contribution in [0.4, 0.5) is 0 Å². The fourth-order valence-electron chi connectivity index (χ4n) is 4.15. The van der Waals surface area contributed by atoms with Crippen molar-refractivity contribution in [2.75, 3.05) is 45.8 Å². The zero-order valence-corrected chi connectivity index (χ0v) is 17.3. The number of nitrogens with zero attached hydrogens (tertiary/aromatic N) is 3. The molecule has 7 heteroatoms. The van der Waals surface area contributed by atoms with Crippen LogP contribution in [0.25, 0.3) is 0 Å². The van der Waals surface area contributed by atoms with Crippen molar-refractivity contribution in [3.63, 3.8) is 0 Å². The van der Waals surface area contributed by atoms with Crippen LogP contribution in [0.3, 0.4) is 0 Å². The van der Waals surface area contributed by atoms with Crippen LogP contribution in [0, 0.1) is 0 Å². The Kier molecular flexibility index (Phi) is 7.26. The molecule has 2 aliphatic heterocycles. The lowest BCUT2D eigenvalue weighted by molar-refractivity contribution is -0.147. The van der Waals surface area contributed by atoms with Crippen molar-refractivity contribution in [3.05, 3.63) is 22.4 Å².